The van der Waals surface area contributed by atoms with Gasteiger partial charge in [0.2, 0.25) is 0 Å². The van der Waals surface area contributed by atoms with Gasteiger partial charge < -0.3 is 4.90 Å². The Morgan fingerprint density at radius 3 is 2.61 bits per heavy atom. The van der Waals surface area contributed by atoms with Crippen LogP contribution in [0.25, 0.3) is 0 Å². The zero-order chi connectivity index (χ0) is 12.4. The van der Waals surface area contributed by atoms with Crippen molar-refractivity contribution in [1.29, 1.82) is 0 Å². The number of aromatic nitrogens is 1. The molecule has 3 rings (SSSR count). The van der Waals surface area contributed by atoms with Crippen LogP contribution in [0.1, 0.15) is 5.56 Å². The lowest BCUT2D eigenvalue weighted by atomic mass is 10.2. The van der Waals surface area contributed by atoms with Gasteiger partial charge in [0.1, 0.15) is 11.0 Å². The summed E-state index contributed by atoms with van der Waals surface area (Å²) in [7, 11) is 0. The molecule has 1 aromatic carbocycles. The summed E-state index contributed by atoms with van der Waals surface area (Å²) in [6.45, 7) is 1.69. The topological polar surface area (TPSA) is 28.5 Å². The molecule has 0 amide bonds. The highest BCUT2D eigenvalue weighted by Gasteiger charge is 2.19. The Kier molecular flexibility index (Phi) is 2.99. The fourth-order valence-corrected chi connectivity index (χ4v) is 2.17. The van der Waals surface area contributed by atoms with Gasteiger partial charge in [-0.1, -0.05) is 41.9 Å². The molecule has 0 saturated heterocycles. The van der Waals surface area contributed by atoms with E-state index in [0.29, 0.717) is 5.15 Å². The van der Waals surface area contributed by atoms with Gasteiger partial charge in [0, 0.05) is 12.1 Å². The SMILES string of the molecule is Clc1ccc(N2CCN=C2c2ccccc2)cn1. The van der Waals surface area contributed by atoms with Gasteiger partial charge in [0.25, 0.3) is 0 Å². The second kappa shape index (κ2) is 4.78. The van der Waals surface area contributed by atoms with Gasteiger partial charge in [0.15, 0.2) is 0 Å². The van der Waals surface area contributed by atoms with Crippen molar-refractivity contribution in [1.82, 2.24) is 4.98 Å². The summed E-state index contributed by atoms with van der Waals surface area (Å²) in [5, 5.41) is 0.510. The Labute approximate surface area is 111 Å². The molecule has 1 aliphatic heterocycles. The molecule has 0 atom stereocenters. The molecule has 90 valence electrons. The second-order valence-electron chi connectivity index (χ2n) is 4.06. The van der Waals surface area contributed by atoms with E-state index in [1.54, 1.807) is 12.3 Å². The molecule has 2 aromatic rings. The molecule has 2 heterocycles. The van der Waals surface area contributed by atoms with Gasteiger partial charge in [-0.05, 0) is 12.1 Å². The molecule has 0 spiro atoms. The standard InChI is InChI=1S/C14H12ClN3/c15-13-7-6-12(10-17-13)18-9-8-16-14(18)11-4-2-1-3-5-11/h1-7,10H,8-9H2. The van der Waals surface area contributed by atoms with Crippen LogP contribution in [0.5, 0.6) is 0 Å². The molecule has 0 bridgehead atoms. The van der Waals surface area contributed by atoms with E-state index in [1.807, 2.05) is 24.3 Å². The number of amidine groups is 1. The van der Waals surface area contributed by atoms with E-state index in [1.165, 1.54) is 0 Å². The summed E-state index contributed by atoms with van der Waals surface area (Å²) in [6.07, 6.45) is 1.78. The fraction of sp³-hybridized carbons (Fsp3) is 0.143. The molecular formula is C14H12ClN3. The Balaban J connectivity index is 1.94. The van der Waals surface area contributed by atoms with Crippen LogP contribution in [-0.2, 0) is 0 Å². The number of anilines is 1. The summed E-state index contributed by atoms with van der Waals surface area (Å²) < 4.78 is 0. The first-order valence-electron chi connectivity index (χ1n) is 5.83. The molecule has 0 fully saturated rings. The maximum atomic E-state index is 5.81. The lowest BCUT2D eigenvalue weighted by Crippen LogP contribution is -2.28. The van der Waals surface area contributed by atoms with E-state index in [9.17, 15) is 0 Å². The zero-order valence-corrected chi connectivity index (χ0v) is 10.5. The van der Waals surface area contributed by atoms with Crippen molar-refractivity contribution in [2.75, 3.05) is 18.0 Å². The summed E-state index contributed by atoms with van der Waals surface area (Å²) in [5.41, 5.74) is 2.16. The summed E-state index contributed by atoms with van der Waals surface area (Å²) >= 11 is 5.81. The van der Waals surface area contributed by atoms with Crippen LogP contribution in [0.3, 0.4) is 0 Å². The minimum absolute atomic E-state index is 0.510. The Bertz CT molecular complexity index is 563. The number of aliphatic imine (C=N–C) groups is 1. The van der Waals surface area contributed by atoms with Crippen LogP contribution >= 0.6 is 11.6 Å². The van der Waals surface area contributed by atoms with Gasteiger partial charge in [-0.3, -0.25) is 4.99 Å². The second-order valence-corrected chi connectivity index (χ2v) is 4.45. The average Bonchev–Trinajstić information content (AvgIpc) is 2.90. The highest BCUT2D eigenvalue weighted by atomic mass is 35.5. The molecule has 0 radical (unpaired) electrons. The third kappa shape index (κ3) is 2.09. The normalized spacial score (nSPS) is 14.7. The molecule has 1 aliphatic rings. The van der Waals surface area contributed by atoms with E-state index >= 15 is 0 Å². The van der Waals surface area contributed by atoms with E-state index < -0.39 is 0 Å². The van der Waals surface area contributed by atoms with Crippen molar-refractivity contribution in [2.24, 2.45) is 4.99 Å². The smallest absolute Gasteiger partial charge is 0.135 e. The van der Waals surface area contributed by atoms with Crippen LogP contribution < -0.4 is 4.90 Å². The molecule has 0 unspecified atom stereocenters. The predicted molar refractivity (Wildman–Crippen MR) is 74.4 cm³/mol. The first kappa shape index (κ1) is 11.2. The molecule has 0 N–H and O–H groups in total. The first-order chi connectivity index (χ1) is 8.84. The summed E-state index contributed by atoms with van der Waals surface area (Å²) in [4.78, 5) is 10.9. The van der Waals surface area contributed by atoms with Crippen molar-refractivity contribution < 1.29 is 0 Å². The summed E-state index contributed by atoms with van der Waals surface area (Å²) in [5.74, 6) is 1.000. The quantitative estimate of drug-likeness (QED) is 0.774. The van der Waals surface area contributed by atoms with E-state index in [0.717, 1.165) is 30.2 Å². The van der Waals surface area contributed by atoms with Gasteiger partial charge >= 0.3 is 0 Å². The number of rotatable bonds is 2. The van der Waals surface area contributed by atoms with Crippen LogP contribution in [0.4, 0.5) is 5.69 Å². The van der Waals surface area contributed by atoms with Gasteiger partial charge in [0.05, 0.1) is 18.4 Å². The number of halogens is 1. The van der Waals surface area contributed by atoms with Crippen molar-refractivity contribution in [3.05, 3.63) is 59.4 Å². The predicted octanol–water partition coefficient (Wildman–Crippen LogP) is 3.00. The summed E-state index contributed by atoms with van der Waals surface area (Å²) in [6, 6.07) is 14.0. The first-order valence-corrected chi connectivity index (χ1v) is 6.21. The van der Waals surface area contributed by atoms with Crippen molar-refractivity contribution >= 4 is 23.1 Å². The molecule has 4 heteroatoms. The highest BCUT2D eigenvalue weighted by molar-refractivity contribution is 6.29. The lowest BCUT2D eigenvalue weighted by molar-refractivity contribution is 1.02. The number of hydrogen-bond donors (Lipinski definition) is 0. The van der Waals surface area contributed by atoms with E-state index in [2.05, 4.69) is 27.0 Å². The van der Waals surface area contributed by atoms with Crippen LogP contribution in [0.15, 0.2) is 53.7 Å². The molecule has 0 aliphatic carbocycles. The van der Waals surface area contributed by atoms with E-state index in [-0.39, 0.29) is 0 Å². The molecule has 3 nitrogen and oxygen atoms in total. The Morgan fingerprint density at radius 1 is 1.06 bits per heavy atom. The Morgan fingerprint density at radius 2 is 1.89 bits per heavy atom. The zero-order valence-electron chi connectivity index (χ0n) is 9.75. The fourth-order valence-electron chi connectivity index (χ4n) is 2.06. The van der Waals surface area contributed by atoms with Crippen molar-refractivity contribution in [3.63, 3.8) is 0 Å². The Hall–Kier alpha value is -1.87. The minimum atomic E-state index is 0.510. The van der Waals surface area contributed by atoms with Crippen LogP contribution in [0, 0.1) is 0 Å². The van der Waals surface area contributed by atoms with Crippen LogP contribution in [-0.4, -0.2) is 23.9 Å². The van der Waals surface area contributed by atoms with Crippen molar-refractivity contribution in [3.8, 4) is 0 Å². The third-order valence-electron chi connectivity index (χ3n) is 2.90. The number of benzene rings is 1. The molecular weight excluding hydrogens is 246 g/mol. The third-order valence-corrected chi connectivity index (χ3v) is 3.12. The van der Waals surface area contributed by atoms with E-state index in [4.69, 9.17) is 11.6 Å². The highest BCUT2D eigenvalue weighted by Crippen LogP contribution is 2.21. The van der Waals surface area contributed by atoms with Gasteiger partial charge in [-0.15, -0.1) is 0 Å². The maximum absolute atomic E-state index is 5.81. The molecule has 18 heavy (non-hydrogen) atoms. The molecule has 1 aromatic heterocycles. The number of pyridine rings is 1. The van der Waals surface area contributed by atoms with Crippen LogP contribution in [0.2, 0.25) is 5.15 Å². The van der Waals surface area contributed by atoms with Gasteiger partial charge in [-0.2, -0.15) is 0 Å². The number of hydrogen-bond acceptors (Lipinski definition) is 3. The largest absolute Gasteiger partial charge is 0.323 e. The van der Waals surface area contributed by atoms with Crippen molar-refractivity contribution in [2.45, 2.75) is 0 Å². The number of nitrogens with zero attached hydrogens (tertiary/aromatic N) is 3. The monoisotopic (exact) mass is 257 g/mol. The molecule has 0 saturated carbocycles. The van der Waals surface area contributed by atoms with Gasteiger partial charge in [-0.25, -0.2) is 4.98 Å². The lowest BCUT2D eigenvalue weighted by Gasteiger charge is -2.20. The average molecular weight is 258 g/mol. The maximum Gasteiger partial charge on any atom is 0.135 e. The minimum Gasteiger partial charge on any atom is -0.323 e.